The van der Waals surface area contributed by atoms with Crippen LogP contribution < -0.4 is 10.1 Å². The zero-order valence-electron chi connectivity index (χ0n) is 16.7. The third-order valence-electron chi connectivity index (χ3n) is 4.58. The zero-order valence-corrected chi connectivity index (χ0v) is 17.5. The lowest BCUT2D eigenvalue weighted by atomic mass is 10.1. The normalized spacial score (nSPS) is 12.8. The van der Waals surface area contributed by atoms with E-state index >= 15 is 0 Å². The summed E-state index contributed by atoms with van der Waals surface area (Å²) in [5, 5.41) is 2.76. The molecule has 2 aromatic rings. The van der Waals surface area contributed by atoms with Crippen molar-refractivity contribution in [2.24, 2.45) is 7.05 Å². The minimum absolute atomic E-state index is 0.0620. The molecule has 9 heteroatoms. The first-order valence-electron chi connectivity index (χ1n) is 8.96. The zero-order chi connectivity index (χ0) is 21.1. The van der Waals surface area contributed by atoms with E-state index in [2.05, 4.69) is 5.32 Å². The number of hydrogen-bond acceptors (Lipinski definition) is 4. The molecule has 0 radical (unpaired) electrons. The van der Waals surface area contributed by atoms with Gasteiger partial charge in [-0.05, 0) is 30.7 Å². The quantitative estimate of drug-likeness (QED) is 0.724. The van der Waals surface area contributed by atoms with E-state index in [1.807, 2.05) is 0 Å². The number of benzene rings is 1. The number of rotatable bonds is 8. The van der Waals surface area contributed by atoms with Crippen LogP contribution in [0, 0.1) is 5.82 Å². The number of aryl methyl sites for hydroxylation is 1. The highest BCUT2D eigenvalue weighted by molar-refractivity contribution is 7.89. The number of halogens is 1. The number of sulfonamides is 1. The van der Waals surface area contributed by atoms with Crippen LogP contribution in [0.1, 0.15) is 42.9 Å². The van der Waals surface area contributed by atoms with Crippen molar-refractivity contribution in [3.05, 3.63) is 47.5 Å². The maximum absolute atomic E-state index is 13.9. The summed E-state index contributed by atoms with van der Waals surface area (Å²) in [5.74, 6) is -0.851. The second-order valence-electron chi connectivity index (χ2n) is 6.35. The highest BCUT2D eigenvalue weighted by Crippen LogP contribution is 2.23. The maximum Gasteiger partial charge on any atom is 0.268 e. The van der Waals surface area contributed by atoms with Crippen molar-refractivity contribution in [1.82, 2.24) is 14.2 Å². The van der Waals surface area contributed by atoms with Crippen molar-refractivity contribution in [3.8, 4) is 5.75 Å². The molecule has 2 rings (SSSR count). The van der Waals surface area contributed by atoms with Crippen molar-refractivity contribution in [2.75, 3.05) is 20.2 Å². The molecule has 1 N–H and O–H groups in total. The molecule has 1 aromatic heterocycles. The molecule has 0 spiro atoms. The van der Waals surface area contributed by atoms with Gasteiger partial charge in [0.2, 0.25) is 10.0 Å². The molecule has 0 saturated heterocycles. The molecule has 0 bridgehead atoms. The van der Waals surface area contributed by atoms with Crippen LogP contribution in [-0.4, -0.2) is 43.4 Å². The van der Waals surface area contributed by atoms with Crippen molar-refractivity contribution in [2.45, 2.75) is 31.7 Å². The first-order chi connectivity index (χ1) is 13.1. The minimum atomic E-state index is -3.66. The number of nitrogens with zero attached hydrogens (tertiary/aromatic N) is 2. The average molecular weight is 411 g/mol. The molecule has 0 aliphatic heterocycles. The highest BCUT2D eigenvalue weighted by atomic mass is 32.2. The van der Waals surface area contributed by atoms with Crippen molar-refractivity contribution >= 4 is 15.9 Å². The summed E-state index contributed by atoms with van der Waals surface area (Å²) in [7, 11) is -0.679. The molecule has 1 aromatic carbocycles. The van der Waals surface area contributed by atoms with Gasteiger partial charge in [0, 0.05) is 26.3 Å². The number of aromatic nitrogens is 1. The molecular weight excluding hydrogens is 385 g/mol. The van der Waals surface area contributed by atoms with E-state index in [0.717, 1.165) is 0 Å². The Morgan fingerprint density at radius 2 is 1.93 bits per heavy atom. The summed E-state index contributed by atoms with van der Waals surface area (Å²) in [6, 6.07) is 5.32. The predicted molar refractivity (Wildman–Crippen MR) is 104 cm³/mol. The van der Waals surface area contributed by atoms with Gasteiger partial charge in [-0.25, -0.2) is 12.8 Å². The molecule has 1 heterocycles. The fraction of sp³-hybridized carbons (Fsp3) is 0.421. The molecule has 1 unspecified atom stereocenters. The largest absolute Gasteiger partial charge is 0.494 e. The van der Waals surface area contributed by atoms with Gasteiger partial charge in [-0.3, -0.25) is 4.79 Å². The molecule has 28 heavy (non-hydrogen) atoms. The number of methoxy groups -OCH3 is 1. The van der Waals surface area contributed by atoms with E-state index < -0.39 is 27.8 Å². The minimum Gasteiger partial charge on any atom is -0.494 e. The van der Waals surface area contributed by atoms with Crippen molar-refractivity contribution in [3.63, 3.8) is 0 Å². The van der Waals surface area contributed by atoms with Gasteiger partial charge in [-0.15, -0.1) is 0 Å². The molecule has 0 fully saturated rings. The maximum atomic E-state index is 13.9. The lowest BCUT2D eigenvalue weighted by Gasteiger charge is -2.17. The van der Waals surface area contributed by atoms with Crippen LogP contribution in [0.25, 0.3) is 0 Å². The lowest BCUT2D eigenvalue weighted by molar-refractivity contribution is 0.0931. The summed E-state index contributed by atoms with van der Waals surface area (Å²) >= 11 is 0. The SMILES string of the molecule is CCN(CC)S(=O)(=O)c1cc(C(=O)NC(C)c2ccc(OC)c(F)c2)n(C)c1. The summed E-state index contributed by atoms with van der Waals surface area (Å²) in [4.78, 5) is 12.7. The van der Waals surface area contributed by atoms with Crippen LogP contribution in [0.2, 0.25) is 0 Å². The Bertz CT molecular complexity index is 952. The predicted octanol–water partition coefficient (Wildman–Crippen LogP) is 2.69. The number of ether oxygens (including phenoxy) is 1. The number of carbonyl (C=O) groups is 1. The highest BCUT2D eigenvalue weighted by Gasteiger charge is 2.26. The Kier molecular flexibility index (Phi) is 6.84. The van der Waals surface area contributed by atoms with Crippen molar-refractivity contribution in [1.29, 1.82) is 0 Å². The van der Waals surface area contributed by atoms with E-state index in [4.69, 9.17) is 4.74 Å². The molecule has 0 aliphatic carbocycles. The van der Waals surface area contributed by atoms with E-state index in [-0.39, 0.29) is 16.3 Å². The Morgan fingerprint density at radius 3 is 2.46 bits per heavy atom. The smallest absolute Gasteiger partial charge is 0.268 e. The average Bonchev–Trinajstić information content (AvgIpc) is 3.05. The Balaban J connectivity index is 2.23. The van der Waals surface area contributed by atoms with E-state index in [9.17, 15) is 17.6 Å². The summed E-state index contributed by atoms with van der Waals surface area (Å²) < 4.78 is 46.9. The second-order valence-corrected chi connectivity index (χ2v) is 8.29. The molecule has 1 amide bonds. The van der Waals surface area contributed by atoms with Gasteiger partial charge >= 0.3 is 0 Å². The summed E-state index contributed by atoms with van der Waals surface area (Å²) in [6.07, 6.45) is 1.42. The van der Waals surface area contributed by atoms with Crippen LogP contribution in [0.3, 0.4) is 0 Å². The molecule has 7 nitrogen and oxygen atoms in total. The molecule has 154 valence electrons. The molecular formula is C19H26FN3O4S. The van der Waals surface area contributed by atoms with Crippen molar-refractivity contribution < 1.29 is 22.3 Å². The van der Waals surface area contributed by atoms with E-state index in [1.54, 1.807) is 33.9 Å². The van der Waals surface area contributed by atoms with Crippen LogP contribution in [-0.2, 0) is 17.1 Å². The standard InChI is InChI=1S/C19H26FN3O4S/c1-6-23(7-2)28(25,26)15-11-17(22(4)12-15)19(24)21-13(3)14-8-9-18(27-5)16(20)10-14/h8-13H,6-7H2,1-5H3,(H,21,24). The third-order valence-corrected chi connectivity index (χ3v) is 6.59. The van der Waals surface area contributed by atoms with E-state index in [1.165, 1.54) is 40.4 Å². The van der Waals surface area contributed by atoms with Gasteiger partial charge in [0.15, 0.2) is 11.6 Å². The van der Waals surface area contributed by atoms with Crippen LogP contribution in [0.5, 0.6) is 5.75 Å². The van der Waals surface area contributed by atoms with Gasteiger partial charge in [-0.1, -0.05) is 19.9 Å². The van der Waals surface area contributed by atoms with Crippen LogP contribution >= 0.6 is 0 Å². The molecule has 1 atom stereocenters. The fourth-order valence-electron chi connectivity index (χ4n) is 2.92. The first-order valence-corrected chi connectivity index (χ1v) is 10.4. The summed E-state index contributed by atoms with van der Waals surface area (Å²) in [5.41, 5.74) is 0.767. The fourth-order valence-corrected chi connectivity index (χ4v) is 4.45. The Hall–Kier alpha value is -2.39. The van der Waals surface area contributed by atoms with Crippen LogP contribution in [0.15, 0.2) is 35.4 Å². The van der Waals surface area contributed by atoms with Gasteiger partial charge in [0.05, 0.1) is 13.2 Å². The van der Waals surface area contributed by atoms with Gasteiger partial charge < -0.3 is 14.6 Å². The topological polar surface area (TPSA) is 80.6 Å². The monoisotopic (exact) mass is 411 g/mol. The lowest BCUT2D eigenvalue weighted by Crippen LogP contribution is -2.30. The number of carbonyl (C=O) groups excluding carboxylic acids is 1. The molecule has 0 saturated carbocycles. The third kappa shape index (κ3) is 4.36. The number of amides is 1. The van der Waals surface area contributed by atoms with Gasteiger partial charge in [0.1, 0.15) is 10.6 Å². The van der Waals surface area contributed by atoms with Crippen LogP contribution in [0.4, 0.5) is 4.39 Å². The van der Waals surface area contributed by atoms with Gasteiger partial charge in [0.25, 0.3) is 5.91 Å². The van der Waals surface area contributed by atoms with Gasteiger partial charge in [-0.2, -0.15) is 4.31 Å². The molecule has 0 aliphatic rings. The number of nitrogens with one attached hydrogen (secondary N) is 1. The Morgan fingerprint density at radius 1 is 1.29 bits per heavy atom. The van der Waals surface area contributed by atoms with E-state index in [0.29, 0.717) is 18.7 Å². The second kappa shape index (κ2) is 8.74. The first kappa shape index (κ1) is 21.9. The Labute approximate surface area is 165 Å². The number of hydrogen-bond donors (Lipinski definition) is 1. The summed E-state index contributed by atoms with van der Waals surface area (Å²) in [6.45, 7) is 5.92.